The molecule has 2 amide bonds. The van der Waals surface area contributed by atoms with E-state index in [2.05, 4.69) is 77.8 Å². The van der Waals surface area contributed by atoms with Crippen LogP contribution in [0.5, 0.6) is 0 Å². The minimum absolute atomic E-state index is 0.152. The highest BCUT2D eigenvalue weighted by molar-refractivity contribution is 7.46. The van der Waals surface area contributed by atoms with Crippen molar-refractivity contribution in [3.63, 3.8) is 0 Å². The molecule has 1 heterocycles. The van der Waals surface area contributed by atoms with E-state index in [-0.39, 0.29) is 38.1 Å². The summed E-state index contributed by atoms with van der Waals surface area (Å²) in [6, 6.07) is -2.81. The number of unbranched alkanes of at least 4 members (excludes halogenated alkanes) is 48. The SMILES string of the molecule is CCCCCCCCCCCC(=O)O[C@H](CCCCCCCCCCC)CC(=O)N[C@@H](CO)CO[C@@H]1O[C@H](CO)[C@@H](OP(=O)(O)O)[C@H](OC(=O)C[C@@H](CCCCCCCCCCC)OC(=O)CCCCCCCCCCC)[C@H]1NC(=O)C[C@@H](CCCCCCCCCCC)OC(=O)CCCCCCCCCCC.CCN(CC)CC. The first kappa shape index (κ1) is 112. The molecule has 680 valence electrons. The van der Waals surface area contributed by atoms with Gasteiger partial charge in [0.2, 0.25) is 11.8 Å². The molecule has 0 aromatic rings. The largest absolute Gasteiger partial charge is 0.470 e. The molecule has 0 saturated carbocycles. The van der Waals surface area contributed by atoms with Crippen LogP contribution in [0.25, 0.3) is 0 Å². The Balaban J connectivity index is 0.0000177. The van der Waals surface area contributed by atoms with E-state index in [1.54, 1.807) is 0 Å². The molecule has 1 rings (SSSR count). The van der Waals surface area contributed by atoms with Gasteiger partial charge in [0.25, 0.3) is 0 Å². The Morgan fingerprint density at radius 3 is 0.939 bits per heavy atom. The summed E-state index contributed by atoms with van der Waals surface area (Å²) in [5.41, 5.74) is 0. The molecule has 1 aliphatic rings. The van der Waals surface area contributed by atoms with Crippen LogP contribution in [0.15, 0.2) is 0 Å². The number of nitrogens with one attached hydrogen (secondary N) is 2. The van der Waals surface area contributed by atoms with E-state index in [1.165, 1.54) is 154 Å². The molecule has 0 aliphatic carbocycles. The number of aliphatic hydroxyl groups is 2. The molecule has 0 spiro atoms. The van der Waals surface area contributed by atoms with Gasteiger partial charge in [0, 0.05) is 19.3 Å². The number of nitrogens with zero attached hydrogens (tertiary/aromatic N) is 1. The zero-order valence-electron chi connectivity index (χ0n) is 75.4. The van der Waals surface area contributed by atoms with Gasteiger partial charge in [-0.1, -0.05) is 371 Å². The van der Waals surface area contributed by atoms with Gasteiger partial charge in [-0.2, -0.15) is 0 Å². The molecule has 0 aromatic carbocycles. The third kappa shape index (κ3) is 68.0. The molecule has 0 radical (unpaired) electrons. The molecule has 0 bridgehead atoms. The molecule has 1 aliphatic heterocycles. The number of hydrogen-bond acceptors (Lipinski definition) is 17. The van der Waals surface area contributed by atoms with Crippen LogP contribution >= 0.6 is 7.82 Å². The van der Waals surface area contributed by atoms with Crippen molar-refractivity contribution >= 4 is 43.5 Å². The maximum atomic E-state index is 14.9. The summed E-state index contributed by atoms with van der Waals surface area (Å²) < 4.78 is 55.6. The van der Waals surface area contributed by atoms with Crippen molar-refractivity contribution in [1.82, 2.24) is 15.5 Å². The van der Waals surface area contributed by atoms with Crippen molar-refractivity contribution in [3.05, 3.63) is 0 Å². The minimum atomic E-state index is -5.52. The van der Waals surface area contributed by atoms with Crippen LogP contribution < -0.4 is 10.6 Å². The molecule has 6 N–H and O–H groups in total. The van der Waals surface area contributed by atoms with E-state index in [0.717, 1.165) is 180 Å². The van der Waals surface area contributed by atoms with Crippen molar-refractivity contribution in [2.45, 2.75) is 522 Å². The van der Waals surface area contributed by atoms with E-state index in [4.69, 9.17) is 32.9 Å². The Morgan fingerprint density at radius 2 is 0.661 bits per heavy atom. The fraction of sp³-hybridized carbons (Fsp3) is 0.935. The Bertz CT molecular complexity index is 2290. The highest BCUT2D eigenvalue weighted by Gasteiger charge is 2.52. The van der Waals surface area contributed by atoms with E-state index in [9.17, 15) is 53.3 Å². The first-order chi connectivity index (χ1) is 55.8. The van der Waals surface area contributed by atoms with Gasteiger partial charge in [-0.25, -0.2) is 4.57 Å². The van der Waals surface area contributed by atoms with Gasteiger partial charge < -0.3 is 64.0 Å². The smallest absolute Gasteiger partial charge is 0.462 e. The fourth-order valence-corrected chi connectivity index (χ4v) is 15.8. The molecule has 0 aromatic heterocycles. The quantitative estimate of drug-likeness (QED) is 0.0143. The lowest BCUT2D eigenvalue weighted by Gasteiger charge is -2.45. The average Bonchev–Trinajstić information content (AvgIpc) is 0.780. The van der Waals surface area contributed by atoms with E-state index in [0.29, 0.717) is 51.4 Å². The highest BCUT2D eigenvalue weighted by atomic mass is 31.2. The number of amides is 2. The van der Waals surface area contributed by atoms with Crippen molar-refractivity contribution in [1.29, 1.82) is 0 Å². The second-order valence-corrected chi connectivity index (χ2v) is 34.5. The summed E-state index contributed by atoms with van der Waals surface area (Å²) in [4.78, 5) is 108. The standard InChI is InChI=1S/C87H165N2O18P.C6H15N/c1-7-13-19-25-31-37-43-49-55-61-74(102-80(94)64-58-52-46-40-34-28-22-16-10-4)67-78(92)88-73(70-90)72-101-87-84(89-79(93)68-75(62-56-50-44-38-32-26-20-14-8-2)103-81(95)65-59-53-47-41-35-29-23-17-11-5)86(85(77(71-91)105-87)107-108(98,99)100)106-83(97)69-76(63-57-51-45-39-33-27-21-15-9-3)104-82(96)66-60-54-48-42-36-30-24-18-12-6;1-4-7(5-2)6-3/h73-77,84-87,90-91H,7-72H2,1-6H3,(H,88,92)(H,89,93)(H2,98,99,100);4-6H2,1-3H3/t73-,74+,75+,76+,77+,84+,85+,86+,87+;/m0./s1. The first-order valence-electron chi connectivity index (χ1n) is 48.1. The van der Waals surface area contributed by atoms with E-state index in [1.807, 2.05) is 0 Å². The molecule has 1 saturated heterocycles. The topological polar surface area (TPSA) is 292 Å². The van der Waals surface area contributed by atoms with Gasteiger partial charge in [0.15, 0.2) is 12.4 Å². The van der Waals surface area contributed by atoms with Crippen LogP contribution in [0.1, 0.15) is 467 Å². The molecule has 22 heteroatoms. The Labute approximate surface area is 703 Å². The summed E-state index contributed by atoms with van der Waals surface area (Å²) in [6.45, 7) is 21.2. The number of phosphoric acid groups is 1. The van der Waals surface area contributed by atoms with Crippen molar-refractivity contribution < 1.29 is 86.3 Å². The average molecular weight is 1660 g/mol. The third-order valence-electron chi connectivity index (χ3n) is 22.5. The summed E-state index contributed by atoms with van der Waals surface area (Å²) in [5, 5.41) is 27.6. The summed E-state index contributed by atoms with van der Waals surface area (Å²) in [5.74, 6) is -3.49. The molecular formula is C93H180N3O18P. The van der Waals surface area contributed by atoms with E-state index < -0.39 is 119 Å². The van der Waals surface area contributed by atoms with Crippen LogP contribution in [0.2, 0.25) is 0 Å². The number of phosphoric ester groups is 1. The van der Waals surface area contributed by atoms with E-state index >= 15 is 0 Å². The van der Waals surface area contributed by atoms with Gasteiger partial charge in [-0.05, 0) is 77.4 Å². The predicted molar refractivity (Wildman–Crippen MR) is 467 cm³/mol. The number of carbonyl (C=O) groups excluding carboxylic acids is 6. The lowest BCUT2D eigenvalue weighted by molar-refractivity contribution is -0.272. The first-order valence-corrected chi connectivity index (χ1v) is 49.7. The van der Waals surface area contributed by atoms with Crippen molar-refractivity contribution in [3.8, 4) is 0 Å². The molecule has 21 nitrogen and oxygen atoms in total. The van der Waals surface area contributed by atoms with Gasteiger partial charge >= 0.3 is 31.7 Å². The molecule has 115 heavy (non-hydrogen) atoms. The molecule has 9 atom stereocenters. The number of aliphatic hydroxyl groups excluding tert-OH is 2. The number of esters is 4. The Kier molecular flexibility index (Phi) is 78.2. The van der Waals surface area contributed by atoms with Crippen LogP contribution in [0, 0.1) is 0 Å². The normalized spacial score (nSPS) is 16.7. The lowest BCUT2D eigenvalue weighted by Crippen LogP contribution is -2.66. The minimum Gasteiger partial charge on any atom is -0.462 e. The van der Waals surface area contributed by atoms with Crippen LogP contribution in [-0.4, -0.2) is 155 Å². The summed E-state index contributed by atoms with van der Waals surface area (Å²) in [7, 11) is -5.52. The van der Waals surface area contributed by atoms with Crippen molar-refractivity contribution in [2.75, 3.05) is 39.5 Å². The Morgan fingerprint density at radius 1 is 0.374 bits per heavy atom. The van der Waals surface area contributed by atoms with Gasteiger partial charge in [-0.3, -0.25) is 33.3 Å². The second kappa shape index (κ2) is 80.5. The zero-order valence-corrected chi connectivity index (χ0v) is 76.3. The summed E-state index contributed by atoms with van der Waals surface area (Å²) >= 11 is 0. The molecular weight excluding hydrogens is 1480 g/mol. The van der Waals surface area contributed by atoms with Crippen molar-refractivity contribution in [2.24, 2.45) is 0 Å². The lowest BCUT2D eigenvalue weighted by atomic mass is 9.95. The summed E-state index contributed by atoms with van der Waals surface area (Å²) in [6.07, 6.45) is 48.2. The van der Waals surface area contributed by atoms with Crippen LogP contribution in [0.3, 0.4) is 0 Å². The maximum absolute atomic E-state index is 14.9. The number of hydrogen-bond donors (Lipinski definition) is 6. The van der Waals surface area contributed by atoms with Gasteiger partial charge in [0.1, 0.15) is 36.6 Å². The number of rotatable bonds is 82. The third-order valence-corrected chi connectivity index (χ3v) is 23.0. The zero-order chi connectivity index (χ0) is 84.9. The number of carbonyl (C=O) groups is 6. The van der Waals surface area contributed by atoms with Crippen LogP contribution in [0.4, 0.5) is 0 Å². The fourth-order valence-electron chi connectivity index (χ4n) is 15.3. The van der Waals surface area contributed by atoms with Gasteiger partial charge in [0.05, 0.1) is 45.1 Å². The Hall–Kier alpha value is -3.27. The number of ether oxygens (including phenoxy) is 6. The molecule has 1 fully saturated rings. The maximum Gasteiger partial charge on any atom is 0.470 e. The van der Waals surface area contributed by atoms with Gasteiger partial charge in [-0.15, -0.1) is 0 Å². The monoisotopic (exact) mass is 1660 g/mol. The second-order valence-electron chi connectivity index (χ2n) is 33.3. The van der Waals surface area contributed by atoms with Crippen LogP contribution in [-0.2, 0) is 66.3 Å². The molecule has 0 unspecified atom stereocenters. The predicted octanol–water partition coefficient (Wildman–Crippen LogP) is 22.9. The highest BCUT2D eigenvalue weighted by Crippen LogP contribution is 2.43.